The summed E-state index contributed by atoms with van der Waals surface area (Å²) in [6.45, 7) is 2.46. The quantitative estimate of drug-likeness (QED) is 0.493. The van der Waals surface area contributed by atoms with Gasteiger partial charge in [-0.25, -0.2) is 4.90 Å². The maximum atomic E-state index is 12.6. The van der Waals surface area contributed by atoms with Crippen LogP contribution in [0.2, 0.25) is 0 Å². The highest BCUT2D eigenvalue weighted by Crippen LogP contribution is 2.40. The van der Waals surface area contributed by atoms with Crippen LogP contribution in [-0.4, -0.2) is 58.1 Å². The Morgan fingerprint density at radius 3 is 2.81 bits per heavy atom. The fourth-order valence-electron chi connectivity index (χ4n) is 3.56. The van der Waals surface area contributed by atoms with Crippen LogP contribution in [0, 0.1) is 10.4 Å². The first-order valence-corrected chi connectivity index (χ1v) is 7.07. The first kappa shape index (κ1) is 13.0. The summed E-state index contributed by atoms with van der Waals surface area (Å²) in [7, 11) is 0. The van der Waals surface area contributed by atoms with Gasteiger partial charge in [-0.1, -0.05) is 0 Å². The van der Waals surface area contributed by atoms with Gasteiger partial charge in [-0.05, 0) is 4.90 Å². The van der Waals surface area contributed by atoms with E-state index in [2.05, 4.69) is 9.79 Å². The Morgan fingerprint density at radius 2 is 2.05 bits per heavy atom. The molecular formula is C12H16N4O5. The molecule has 0 amide bonds. The second-order valence-corrected chi connectivity index (χ2v) is 5.69. The van der Waals surface area contributed by atoms with Crippen molar-refractivity contribution in [1.82, 2.24) is 10.1 Å². The van der Waals surface area contributed by atoms with E-state index in [0.29, 0.717) is 55.5 Å². The molecule has 3 heterocycles. The second kappa shape index (κ2) is 4.39. The average molecular weight is 296 g/mol. The summed E-state index contributed by atoms with van der Waals surface area (Å²) in [5, 5.41) is 38.7. The van der Waals surface area contributed by atoms with Gasteiger partial charge in [0.1, 0.15) is 0 Å². The third kappa shape index (κ3) is 1.71. The molecule has 0 unspecified atom stereocenters. The Kier molecular flexibility index (Phi) is 2.72. The SMILES string of the molecule is [O-][N+]1=C2CCc3c(no[n+]3[O-])[C@@]2(O)C[C@@H]1N1CCOCC1. The number of hydrogen-bond donors (Lipinski definition) is 1. The van der Waals surface area contributed by atoms with Crippen LogP contribution in [-0.2, 0) is 16.8 Å². The van der Waals surface area contributed by atoms with Crippen LogP contribution in [0.3, 0.4) is 0 Å². The molecule has 114 valence electrons. The van der Waals surface area contributed by atoms with Crippen LogP contribution in [0.5, 0.6) is 0 Å². The molecular weight excluding hydrogens is 280 g/mol. The van der Waals surface area contributed by atoms with Crippen molar-refractivity contribution in [3.8, 4) is 0 Å². The zero-order valence-electron chi connectivity index (χ0n) is 11.4. The van der Waals surface area contributed by atoms with Crippen molar-refractivity contribution in [3.63, 3.8) is 0 Å². The minimum Gasteiger partial charge on any atom is -0.623 e. The maximum absolute atomic E-state index is 12.6. The molecule has 21 heavy (non-hydrogen) atoms. The third-order valence-corrected chi connectivity index (χ3v) is 4.65. The van der Waals surface area contributed by atoms with Crippen molar-refractivity contribution >= 4 is 5.71 Å². The molecule has 9 heteroatoms. The lowest BCUT2D eigenvalue weighted by molar-refractivity contribution is -0.808. The van der Waals surface area contributed by atoms with Gasteiger partial charge < -0.3 is 20.3 Å². The van der Waals surface area contributed by atoms with Crippen LogP contribution < -0.4 is 4.90 Å². The van der Waals surface area contributed by atoms with Gasteiger partial charge in [0.2, 0.25) is 23.2 Å². The van der Waals surface area contributed by atoms with Crippen LogP contribution in [0.15, 0.2) is 4.63 Å². The van der Waals surface area contributed by atoms with E-state index in [4.69, 9.17) is 4.74 Å². The summed E-state index contributed by atoms with van der Waals surface area (Å²) < 4.78 is 10.8. The highest BCUT2D eigenvalue weighted by atomic mass is 16.8. The highest BCUT2D eigenvalue weighted by Gasteiger charge is 2.60. The molecule has 1 aliphatic carbocycles. The van der Waals surface area contributed by atoms with Crippen LogP contribution in [0.25, 0.3) is 0 Å². The first-order chi connectivity index (χ1) is 10.1. The summed E-state index contributed by atoms with van der Waals surface area (Å²) in [5.41, 5.74) is -0.606. The van der Waals surface area contributed by atoms with E-state index in [9.17, 15) is 15.5 Å². The molecule has 1 N–H and O–H groups in total. The Hall–Kier alpha value is -1.71. The summed E-state index contributed by atoms with van der Waals surface area (Å²) in [4.78, 5) is 2.33. The van der Waals surface area contributed by atoms with Gasteiger partial charge in [-0.15, -0.1) is 0 Å². The fourth-order valence-corrected chi connectivity index (χ4v) is 3.56. The molecule has 9 nitrogen and oxygen atoms in total. The summed E-state index contributed by atoms with van der Waals surface area (Å²) in [5.74, 6) is 0. The van der Waals surface area contributed by atoms with Gasteiger partial charge in [-0.2, -0.15) is 4.74 Å². The van der Waals surface area contributed by atoms with Gasteiger partial charge in [0.25, 0.3) is 5.69 Å². The molecule has 4 rings (SSSR count). The zero-order chi connectivity index (χ0) is 14.6. The number of morpholine rings is 1. The number of nitrogens with zero attached hydrogens (tertiary/aromatic N) is 4. The van der Waals surface area contributed by atoms with Gasteiger partial charge in [-0.3, -0.25) is 4.63 Å². The van der Waals surface area contributed by atoms with Crippen molar-refractivity contribution in [3.05, 3.63) is 21.8 Å². The lowest BCUT2D eigenvalue weighted by Crippen LogP contribution is -2.47. The highest BCUT2D eigenvalue weighted by molar-refractivity contribution is 5.91. The number of ether oxygens (including phenoxy) is 1. The Bertz CT molecular complexity index is 609. The van der Waals surface area contributed by atoms with Crippen molar-refractivity contribution < 1.29 is 24.1 Å². The summed E-state index contributed by atoms with van der Waals surface area (Å²) in [6, 6.07) is 0. The first-order valence-electron chi connectivity index (χ1n) is 7.07. The van der Waals surface area contributed by atoms with E-state index >= 15 is 0 Å². The maximum Gasteiger partial charge on any atom is 0.263 e. The molecule has 1 aromatic rings. The number of rotatable bonds is 1. The van der Waals surface area contributed by atoms with Crippen molar-refractivity contribution in [2.24, 2.45) is 0 Å². The molecule has 0 spiro atoms. The summed E-state index contributed by atoms with van der Waals surface area (Å²) >= 11 is 0. The Labute approximate surface area is 120 Å². The van der Waals surface area contributed by atoms with Crippen molar-refractivity contribution in [1.29, 1.82) is 0 Å². The molecule has 0 radical (unpaired) electrons. The number of fused-ring (bicyclic) bond motifs is 3. The number of aromatic nitrogens is 2. The molecule has 1 saturated heterocycles. The van der Waals surface area contributed by atoms with E-state index in [-0.39, 0.29) is 12.1 Å². The standard InChI is InChI=1S/C12H16N4O5/c17-12-7-10(14-3-5-20-6-4-14)15(18)9(12)2-1-8-11(12)13-21-16(8)19/h10,17H,1-7H2/t10-,12-/m1/s1. The normalized spacial score (nSPS) is 33.1. The molecule has 0 aromatic carbocycles. The predicted octanol–water partition coefficient (Wildman–Crippen LogP) is -1.54. The van der Waals surface area contributed by atoms with Gasteiger partial charge in [0.05, 0.1) is 19.6 Å². The summed E-state index contributed by atoms with van der Waals surface area (Å²) in [6.07, 6.45) is 0.452. The third-order valence-electron chi connectivity index (χ3n) is 4.65. The Morgan fingerprint density at radius 1 is 1.29 bits per heavy atom. The largest absolute Gasteiger partial charge is 0.623 e. The molecule has 2 atom stereocenters. The minimum atomic E-state index is -1.49. The van der Waals surface area contributed by atoms with E-state index in [1.54, 1.807) is 0 Å². The minimum absolute atomic E-state index is 0.190. The smallest absolute Gasteiger partial charge is 0.263 e. The van der Waals surface area contributed by atoms with E-state index in [0.717, 1.165) is 4.74 Å². The number of aliphatic hydroxyl groups is 1. The average Bonchev–Trinajstić information content (AvgIpc) is 3.00. The zero-order valence-corrected chi connectivity index (χ0v) is 11.4. The van der Waals surface area contributed by atoms with Crippen LogP contribution in [0.1, 0.15) is 24.2 Å². The number of hydroxylamine groups is 1. The molecule has 0 saturated carbocycles. The lowest BCUT2D eigenvalue weighted by atomic mass is 9.82. The molecule has 2 aliphatic heterocycles. The van der Waals surface area contributed by atoms with Crippen LogP contribution in [0.4, 0.5) is 0 Å². The predicted molar refractivity (Wildman–Crippen MR) is 67.1 cm³/mol. The van der Waals surface area contributed by atoms with Gasteiger partial charge >= 0.3 is 0 Å². The van der Waals surface area contributed by atoms with E-state index in [1.807, 2.05) is 4.90 Å². The van der Waals surface area contributed by atoms with E-state index in [1.165, 1.54) is 0 Å². The fraction of sp³-hybridized carbons (Fsp3) is 0.750. The van der Waals surface area contributed by atoms with Gasteiger partial charge in [0.15, 0.2) is 0 Å². The lowest BCUT2D eigenvalue weighted by Gasteiger charge is -2.30. The molecule has 3 aliphatic rings. The Balaban J connectivity index is 1.72. The topological polar surface area (TPSA) is 112 Å². The molecule has 1 fully saturated rings. The molecule has 0 bridgehead atoms. The second-order valence-electron chi connectivity index (χ2n) is 5.69. The monoisotopic (exact) mass is 296 g/mol. The van der Waals surface area contributed by atoms with Crippen molar-refractivity contribution in [2.75, 3.05) is 26.3 Å². The number of hydrogen-bond acceptors (Lipinski definition) is 7. The molecule has 1 aromatic heterocycles. The van der Waals surface area contributed by atoms with Gasteiger partial charge in [0, 0.05) is 31.1 Å². The van der Waals surface area contributed by atoms with E-state index < -0.39 is 11.8 Å². The van der Waals surface area contributed by atoms with Crippen molar-refractivity contribution in [2.45, 2.75) is 31.0 Å². The van der Waals surface area contributed by atoms with Crippen LogP contribution >= 0.6 is 0 Å².